The van der Waals surface area contributed by atoms with Gasteiger partial charge >= 0.3 is 5.97 Å². The number of amides is 1. The summed E-state index contributed by atoms with van der Waals surface area (Å²) in [5, 5.41) is 15.7. The molecule has 8 heteroatoms. The lowest BCUT2D eigenvalue weighted by molar-refractivity contribution is -0.144. The number of carboxylic acids is 1. The molecule has 1 saturated carbocycles. The van der Waals surface area contributed by atoms with E-state index in [2.05, 4.69) is 33.3 Å². The van der Waals surface area contributed by atoms with E-state index in [0.29, 0.717) is 12.3 Å². The molecule has 2 saturated heterocycles. The Morgan fingerprint density at radius 2 is 2.00 bits per heavy atom. The topological polar surface area (TPSA) is 106 Å². The highest BCUT2D eigenvalue weighted by Gasteiger charge is 2.37. The first-order chi connectivity index (χ1) is 11.5. The number of rotatable bonds is 4. The van der Waals surface area contributed by atoms with Crippen LogP contribution in [0.5, 0.6) is 0 Å². The van der Waals surface area contributed by atoms with E-state index in [1.54, 1.807) is 0 Å². The number of carboxylic acid groups (broad SMARTS) is 1. The molecular weight excluding hydrogens is 310 g/mol. The van der Waals surface area contributed by atoms with Crippen molar-refractivity contribution >= 4 is 11.9 Å². The molecule has 0 radical (unpaired) electrons. The number of hydrogen-bond donors (Lipinski definition) is 5. The summed E-state index contributed by atoms with van der Waals surface area (Å²) in [6.07, 6.45) is 4.19. The summed E-state index contributed by atoms with van der Waals surface area (Å²) in [6, 6.07) is -0.565. The van der Waals surface area contributed by atoms with Gasteiger partial charge in [-0.2, -0.15) is 0 Å². The number of hydrogen-bond acceptors (Lipinski definition) is 6. The van der Waals surface area contributed by atoms with Gasteiger partial charge in [-0.3, -0.25) is 14.5 Å². The zero-order valence-electron chi connectivity index (χ0n) is 14.3. The van der Waals surface area contributed by atoms with Gasteiger partial charge in [-0.25, -0.2) is 10.9 Å². The first kappa shape index (κ1) is 17.6. The molecule has 0 aromatic heterocycles. The highest BCUT2D eigenvalue weighted by Crippen LogP contribution is 2.29. The zero-order valence-corrected chi connectivity index (χ0v) is 14.3. The fraction of sp³-hybridized carbons (Fsp3) is 0.875. The standard InChI is InChI=1S/C16H29N5O3/c1-10-2-3-11(16(23)24)13(8-10)18-15(22)12-4-5-14(20-19-12)21-7-6-17-9-21/h10-14,17,19-20H,2-9H2,1H3,(H,18,22)(H,23,24). The van der Waals surface area contributed by atoms with Gasteiger partial charge in [-0.05, 0) is 38.0 Å². The molecule has 8 nitrogen and oxygen atoms in total. The number of carbonyl (C=O) groups is 2. The fourth-order valence-corrected chi connectivity index (χ4v) is 4.05. The van der Waals surface area contributed by atoms with Crippen LogP contribution < -0.4 is 21.5 Å². The van der Waals surface area contributed by atoms with E-state index in [1.807, 2.05) is 0 Å². The van der Waals surface area contributed by atoms with Crippen molar-refractivity contribution in [3.63, 3.8) is 0 Å². The largest absolute Gasteiger partial charge is 0.481 e. The third-order valence-corrected chi connectivity index (χ3v) is 5.56. The molecular formula is C16H29N5O3. The van der Waals surface area contributed by atoms with Crippen LogP contribution in [0, 0.1) is 11.8 Å². The summed E-state index contributed by atoms with van der Waals surface area (Å²) < 4.78 is 0. The number of aliphatic carboxylic acids is 1. The number of nitrogens with one attached hydrogen (secondary N) is 4. The van der Waals surface area contributed by atoms with Crippen LogP contribution in [-0.2, 0) is 9.59 Å². The lowest BCUT2D eigenvalue weighted by Crippen LogP contribution is -2.62. The maximum Gasteiger partial charge on any atom is 0.308 e. The smallest absolute Gasteiger partial charge is 0.308 e. The second kappa shape index (κ2) is 7.77. The van der Waals surface area contributed by atoms with Gasteiger partial charge in [0.2, 0.25) is 5.91 Å². The molecule has 1 amide bonds. The van der Waals surface area contributed by atoms with Gasteiger partial charge in [-0.15, -0.1) is 0 Å². The van der Waals surface area contributed by atoms with Crippen LogP contribution in [0.1, 0.15) is 39.0 Å². The fourth-order valence-electron chi connectivity index (χ4n) is 4.05. The van der Waals surface area contributed by atoms with Gasteiger partial charge < -0.3 is 15.7 Å². The van der Waals surface area contributed by atoms with E-state index in [1.165, 1.54) is 0 Å². The van der Waals surface area contributed by atoms with Crippen LogP contribution in [0.3, 0.4) is 0 Å². The highest BCUT2D eigenvalue weighted by molar-refractivity contribution is 5.83. The van der Waals surface area contributed by atoms with Gasteiger partial charge in [-0.1, -0.05) is 6.92 Å². The molecule has 5 N–H and O–H groups in total. The number of nitrogens with zero attached hydrogens (tertiary/aromatic N) is 1. The monoisotopic (exact) mass is 339 g/mol. The van der Waals surface area contributed by atoms with Gasteiger partial charge in [0.25, 0.3) is 0 Å². The van der Waals surface area contributed by atoms with Crippen LogP contribution in [-0.4, -0.2) is 59.9 Å². The van der Waals surface area contributed by atoms with Crippen molar-refractivity contribution in [3.8, 4) is 0 Å². The van der Waals surface area contributed by atoms with E-state index in [9.17, 15) is 14.7 Å². The molecule has 0 spiro atoms. The van der Waals surface area contributed by atoms with Gasteiger partial charge in [0.1, 0.15) is 6.04 Å². The molecule has 5 unspecified atom stereocenters. The molecule has 3 aliphatic rings. The predicted octanol–water partition coefficient (Wildman–Crippen LogP) is -0.563. The van der Waals surface area contributed by atoms with E-state index in [-0.39, 0.29) is 24.2 Å². The molecule has 3 fully saturated rings. The molecule has 1 aliphatic carbocycles. The summed E-state index contributed by atoms with van der Waals surface area (Å²) in [4.78, 5) is 26.3. The van der Waals surface area contributed by atoms with Crippen molar-refractivity contribution in [2.24, 2.45) is 11.8 Å². The van der Waals surface area contributed by atoms with E-state index in [4.69, 9.17) is 0 Å². The maximum absolute atomic E-state index is 12.5. The minimum absolute atomic E-state index is 0.0918. The SMILES string of the molecule is CC1CCC(C(=O)O)C(NC(=O)C2CCC(N3CCNC3)NN2)C1. The molecule has 24 heavy (non-hydrogen) atoms. The average molecular weight is 339 g/mol. The molecule has 0 aromatic carbocycles. The highest BCUT2D eigenvalue weighted by atomic mass is 16.4. The minimum atomic E-state index is -0.802. The second-order valence-corrected chi connectivity index (χ2v) is 7.38. The Kier molecular flexibility index (Phi) is 5.70. The van der Waals surface area contributed by atoms with Crippen LogP contribution in [0.25, 0.3) is 0 Å². The molecule has 2 heterocycles. The van der Waals surface area contributed by atoms with Crippen LogP contribution >= 0.6 is 0 Å². The van der Waals surface area contributed by atoms with Crippen molar-refractivity contribution in [2.45, 2.75) is 57.3 Å². The maximum atomic E-state index is 12.5. The summed E-state index contributed by atoms with van der Waals surface area (Å²) in [5.74, 6) is -0.908. The first-order valence-electron chi connectivity index (χ1n) is 9.03. The zero-order chi connectivity index (χ0) is 17.1. The van der Waals surface area contributed by atoms with E-state index in [0.717, 1.165) is 45.4 Å². The van der Waals surface area contributed by atoms with Gasteiger partial charge in [0.15, 0.2) is 0 Å². The number of hydrazine groups is 1. The molecule has 136 valence electrons. The summed E-state index contributed by atoms with van der Waals surface area (Å²) in [6.45, 7) is 5.00. The molecule has 5 atom stereocenters. The summed E-state index contributed by atoms with van der Waals surface area (Å²) in [7, 11) is 0. The van der Waals surface area contributed by atoms with Crippen molar-refractivity contribution in [3.05, 3.63) is 0 Å². The van der Waals surface area contributed by atoms with Crippen LogP contribution in [0.2, 0.25) is 0 Å². The first-order valence-corrected chi connectivity index (χ1v) is 9.03. The van der Waals surface area contributed by atoms with Crippen molar-refractivity contribution < 1.29 is 14.7 Å². The van der Waals surface area contributed by atoms with Crippen LogP contribution in [0.15, 0.2) is 0 Å². The summed E-state index contributed by atoms with van der Waals surface area (Å²) in [5.41, 5.74) is 6.34. The Morgan fingerprint density at radius 1 is 1.17 bits per heavy atom. The van der Waals surface area contributed by atoms with Crippen LogP contribution in [0.4, 0.5) is 0 Å². The van der Waals surface area contributed by atoms with Gasteiger partial charge in [0, 0.05) is 25.8 Å². The molecule has 0 bridgehead atoms. The molecule has 0 aromatic rings. The van der Waals surface area contributed by atoms with Gasteiger partial charge in [0.05, 0.1) is 12.1 Å². The Hall–Kier alpha value is -1.22. The second-order valence-electron chi connectivity index (χ2n) is 7.38. The lowest BCUT2D eigenvalue weighted by Gasteiger charge is -2.37. The minimum Gasteiger partial charge on any atom is -0.481 e. The third kappa shape index (κ3) is 4.05. The lowest BCUT2D eigenvalue weighted by atomic mass is 9.79. The molecule has 3 rings (SSSR count). The Labute approximate surface area is 142 Å². The average Bonchev–Trinajstić information content (AvgIpc) is 3.09. The molecule has 2 aliphatic heterocycles. The summed E-state index contributed by atoms with van der Waals surface area (Å²) >= 11 is 0. The number of carbonyl (C=O) groups excluding carboxylic acids is 1. The van der Waals surface area contributed by atoms with Crippen molar-refractivity contribution in [2.75, 3.05) is 19.8 Å². The van der Waals surface area contributed by atoms with E-state index >= 15 is 0 Å². The quantitative estimate of drug-likeness (QED) is 0.467. The van der Waals surface area contributed by atoms with Crippen molar-refractivity contribution in [1.82, 2.24) is 26.4 Å². The Balaban J connectivity index is 1.50. The van der Waals surface area contributed by atoms with Crippen molar-refractivity contribution in [1.29, 1.82) is 0 Å². The Bertz CT molecular complexity index is 461. The normalized spacial score (nSPS) is 38.0. The van der Waals surface area contributed by atoms with E-state index < -0.39 is 11.9 Å². The third-order valence-electron chi connectivity index (χ3n) is 5.56. The predicted molar refractivity (Wildman–Crippen MR) is 88.7 cm³/mol. The Morgan fingerprint density at radius 3 is 2.62 bits per heavy atom.